The summed E-state index contributed by atoms with van der Waals surface area (Å²) < 4.78 is 7.06. The van der Waals surface area contributed by atoms with Crippen molar-refractivity contribution in [3.8, 4) is 5.75 Å². The van der Waals surface area contributed by atoms with Gasteiger partial charge in [0.15, 0.2) is 6.10 Å². The summed E-state index contributed by atoms with van der Waals surface area (Å²) in [5.41, 5.74) is 2.02. The molecule has 0 unspecified atom stereocenters. The average Bonchev–Trinajstić information content (AvgIpc) is 2.82. The predicted molar refractivity (Wildman–Crippen MR) is 129 cm³/mol. The molecule has 2 atom stereocenters. The summed E-state index contributed by atoms with van der Waals surface area (Å²) in [4.78, 5) is 13.3. The Bertz CT molecular complexity index is 1180. The number of rotatable bonds is 7. The maximum atomic E-state index is 13.3. The number of carbonyl (C=O) groups is 1. The Balaban J connectivity index is 1.58. The summed E-state index contributed by atoms with van der Waals surface area (Å²) in [6, 6.07) is 31.7. The van der Waals surface area contributed by atoms with Gasteiger partial charge in [-0.25, -0.2) is 0 Å². The molecule has 0 spiro atoms. The van der Waals surface area contributed by atoms with Crippen LogP contribution < -0.4 is 10.1 Å². The van der Waals surface area contributed by atoms with Gasteiger partial charge in [-0.3, -0.25) is 4.79 Å². The van der Waals surface area contributed by atoms with Gasteiger partial charge in [-0.2, -0.15) is 0 Å². The van der Waals surface area contributed by atoms with Crippen molar-refractivity contribution in [2.24, 2.45) is 0 Å². The number of ether oxygens (including phenoxy) is 1. The van der Waals surface area contributed by atoms with Gasteiger partial charge in [-0.05, 0) is 46.5 Å². The van der Waals surface area contributed by atoms with Gasteiger partial charge in [-0.1, -0.05) is 102 Å². The topological polar surface area (TPSA) is 38.3 Å². The highest BCUT2D eigenvalue weighted by Gasteiger charge is 2.25. The van der Waals surface area contributed by atoms with Crippen molar-refractivity contribution in [3.63, 3.8) is 0 Å². The Morgan fingerprint density at radius 3 is 2.29 bits per heavy atom. The molecule has 1 amide bonds. The molecule has 0 saturated heterocycles. The standard InChI is InChI=1S/C27H24BrNO2/c1-2-25(31-22-17-16-19-10-6-7-13-21(19)18-22)27(30)29-26(20-11-4-3-5-12-20)23-14-8-9-15-24(23)28/h3-18,25-26H,2H2,1H3,(H,29,30)/t25-,26-/m1/s1. The van der Waals surface area contributed by atoms with E-state index in [1.807, 2.05) is 97.9 Å². The Labute approximate surface area is 191 Å². The zero-order valence-corrected chi connectivity index (χ0v) is 18.9. The maximum absolute atomic E-state index is 13.3. The molecular weight excluding hydrogens is 450 g/mol. The number of benzene rings is 4. The van der Waals surface area contributed by atoms with Crippen molar-refractivity contribution in [1.29, 1.82) is 0 Å². The fourth-order valence-electron chi connectivity index (χ4n) is 3.66. The highest BCUT2D eigenvalue weighted by atomic mass is 79.9. The van der Waals surface area contributed by atoms with E-state index in [0.29, 0.717) is 12.2 Å². The molecule has 1 N–H and O–H groups in total. The zero-order chi connectivity index (χ0) is 21.6. The lowest BCUT2D eigenvalue weighted by Crippen LogP contribution is -2.40. The third-order valence-electron chi connectivity index (χ3n) is 5.30. The molecule has 0 radical (unpaired) electrons. The summed E-state index contributed by atoms with van der Waals surface area (Å²) in [6.45, 7) is 1.96. The Morgan fingerprint density at radius 1 is 0.871 bits per heavy atom. The van der Waals surface area contributed by atoms with Crippen LogP contribution in [0.15, 0.2) is 102 Å². The lowest BCUT2D eigenvalue weighted by atomic mass is 9.98. The van der Waals surface area contributed by atoms with Gasteiger partial charge in [-0.15, -0.1) is 0 Å². The van der Waals surface area contributed by atoms with E-state index in [1.165, 1.54) is 0 Å². The Morgan fingerprint density at radius 2 is 1.55 bits per heavy atom. The molecule has 0 saturated carbocycles. The van der Waals surface area contributed by atoms with Crippen molar-refractivity contribution < 1.29 is 9.53 Å². The Hall–Kier alpha value is -3.11. The number of hydrogen-bond donors (Lipinski definition) is 1. The smallest absolute Gasteiger partial charge is 0.261 e. The lowest BCUT2D eigenvalue weighted by molar-refractivity contribution is -0.128. The fourth-order valence-corrected chi connectivity index (χ4v) is 4.17. The minimum atomic E-state index is -0.588. The molecule has 31 heavy (non-hydrogen) atoms. The van der Waals surface area contributed by atoms with Crippen molar-refractivity contribution in [3.05, 3.63) is 113 Å². The largest absolute Gasteiger partial charge is 0.481 e. The van der Waals surface area contributed by atoms with Crippen LogP contribution in [0.4, 0.5) is 0 Å². The van der Waals surface area contributed by atoms with E-state index < -0.39 is 6.10 Å². The highest BCUT2D eigenvalue weighted by Crippen LogP contribution is 2.29. The monoisotopic (exact) mass is 473 g/mol. The second kappa shape index (κ2) is 9.80. The van der Waals surface area contributed by atoms with E-state index in [-0.39, 0.29) is 11.9 Å². The summed E-state index contributed by atoms with van der Waals surface area (Å²) in [7, 11) is 0. The first-order valence-electron chi connectivity index (χ1n) is 10.4. The first-order valence-corrected chi connectivity index (χ1v) is 11.2. The van der Waals surface area contributed by atoms with Gasteiger partial charge in [0.05, 0.1) is 6.04 Å². The molecule has 0 aliphatic carbocycles. The van der Waals surface area contributed by atoms with Crippen LogP contribution in [-0.4, -0.2) is 12.0 Å². The minimum absolute atomic E-state index is 0.139. The molecule has 0 aliphatic heterocycles. The molecule has 4 rings (SSSR count). The number of amides is 1. The average molecular weight is 474 g/mol. The van der Waals surface area contributed by atoms with Gasteiger partial charge in [0, 0.05) is 4.47 Å². The first kappa shape index (κ1) is 21.1. The summed E-state index contributed by atoms with van der Waals surface area (Å²) in [5, 5.41) is 5.44. The SMILES string of the molecule is CC[C@@H](Oc1ccc2ccccc2c1)C(=O)N[C@H](c1ccccc1)c1ccccc1Br. The first-order chi connectivity index (χ1) is 15.2. The number of nitrogens with one attached hydrogen (secondary N) is 1. The molecular formula is C27H24BrNO2. The molecule has 0 heterocycles. The number of fused-ring (bicyclic) bond motifs is 1. The number of halogens is 1. The van der Waals surface area contributed by atoms with Gasteiger partial charge in [0.2, 0.25) is 0 Å². The van der Waals surface area contributed by atoms with Crippen LogP contribution in [0.25, 0.3) is 10.8 Å². The van der Waals surface area contributed by atoms with E-state index in [9.17, 15) is 4.79 Å². The van der Waals surface area contributed by atoms with E-state index in [2.05, 4.69) is 27.3 Å². The van der Waals surface area contributed by atoms with Crippen molar-refractivity contribution in [1.82, 2.24) is 5.32 Å². The quantitative estimate of drug-likeness (QED) is 0.325. The second-order valence-corrected chi connectivity index (χ2v) is 8.25. The lowest BCUT2D eigenvalue weighted by Gasteiger charge is -2.24. The Kier molecular flexibility index (Phi) is 6.68. The van der Waals surface area contributed by atoms with Crippen molar-refractivity contribution in [2.75, 3.05) is 0 Å². The van der Waals surface area contributed by atoms with Gasteiger partial charge >= 0.3 is 0 Å². The molecule has 4 heteroatoms. The van der Waals surface area contributed by atoms with Crippen molar-refractivity contribution >= 4 is 32.6 Å². The van der Waals surface area contributed by atoms with Crippen LogP contribution in [0.5, 0.6) is 5.75 Å². The van der Waals surface area contributed by atoms with Crippen LogP contribution in [-0.2, 0) is 4.79 Å². The number of hydrogen-bond acceptors (Lipinski definition) is 2. The normalized spacial score (nSPS) is 12.8. The fraction of sp³-hybridized carbons (Fsp3) is 0.148. The third-order valence-corrected chi connectivity index (χ3v) is 6.02. The maximum Gasteiger partial charge on any atom is 0.261 e. The molecule has 3 nitrogen and oxygen atoms in total. The molecule has 0 aromatic heterocycles. The summed E-state index contributed by atoms with van der Waals surface area (Å²) in [5.74, 6) is 0.554. The molecule has 0 bridgehead atoms. The van der Waals surface area contributed by atoms with E-state index in [0.717, 1.165) is 26.4 Å². The van der Waals surface area contributed by atoms with Gasteiger partial charge < -0.3 is 10.1 Å². The van der Waals surface area contributed by atoms with Gasteiger partial charge in [0.25, 0.3) is 5.91 Å². The molecule has 4 aromatic carbocycles. The van der Waals surface area contributed by atoms with Crippen LogP contribution >= 0.6 is 15.9 Å². The van der Waals surface area contributed by atoms with Gasteiger partial charge in [0.1, 0.15) is 5.75 Å². The van der Waals surface area contributed by atoms with Crippen LogP contribution in [0.1, 0.15) is 30.5 Å². The minimum Gasteiger partial charge on any atom is -0.481 e. The third kappa shape index (κ3) is 4.97. The van der Waals surface area contributed by atoms with Crippen molar-refractivity contribution in [2.45, 2.75) is 25.5 Å². The van der Waals surface area contributed by atoms with Crippen LogP contribution in [0, 0.1) is 0 Å². The predicted octanol–water partition coefficient (Wildman–Crippen LogP) is 6.67. The van der Waals surface area contributed by atoms with E-state index >= 15 is 0 Å². The molecule has 0 fully saturated rings. The molecule has 156 valence electrons. The van der Waals surface area contributed by atoms with Crippen LogP contribution in [0.2, 0.25) is 0 Å². The highest BCUT2D eigenvalue weighted by molar-refractivity contribution is 9.10. The van der Waals surface area contributed by atoms with E-state index in [4.69, 9.17) is 4.74 Å². The van der Waals surface area contributed by atoms with E-state index in [1.54, 1.807) is 0 Å². The molecule has 0 aliphatic rings. The second-order valence-electron chi connectivity index (χ2n) is 7.40. The number of carbonyl (C=O) groups excluding carboxylic acids is 1. The summed E-state index contributed by atoms with van der Waals surface area (Å²) >= 11 is 3.63. The zero-order valence-electron chi connectivity index (χ0n) is 17.3. The summed E-state index contributed by atoms with van der Waals surface area (Å²) in [6.07, 6.45) is -0.0225. The molecule has 4 aromatic rings. The van der Waals surface area contributed by atoms with Crippen LogP contribution in [0.3, 0.4) is 0 Å².